The van der Waals surface area contributed by atoms with E-state index in [0.717, 1.165) is 0 Å². The van der Waals surface area contributed by atoms with Gasteiger partial charge >= 0.3 is 0 Å². The first-order valence-corrected chi connectivity index (χ1v) is 7.17. The summed E-state index contributed by atoms with van der Waals surface area (Å²) in [5, 5.41) is 2.99. The number of benzene rings is 1. The minimum atomic E-state index is -1.46. The van der Waals surface area contributed by atoms with E-state index in [-0.39, 0.29) is 11.1 Å². The molecule has 23 heavy (non-hydrogen) atoms. The summed E-state index contributed by atoms with van der Waals surface area (Å²) in [6, 6.07) is 9.17. The van der Waals surface area contributed by atoms with E-state index in [1.807, 2.05) is 0 Å². The first kappa shape index (κ1) is 16.8. The fourth-order valence-electron chi connectivity index (χ4n) is 2.06. The molecule has 6 nitrogen and oxygen atoms in total. The Bertz CT molecular complexity index is 831. The van der Waals surface area contributed by atoms with Crippen LogP contribution in [0.3, 0.4) is 0 Å². The molecule has 1 unspecified atom stereocenters. The molecule has 1 aromatic carbocycles. The van der Waals surface area contributed by atoms with E-state index < -0.39 is 17.4 Å². The molecule has 1 aromatic heterocycles. The smallest absolute Gasteiger partial charge is 0.252 e. The number of amides is 2. The molecule has 0 spiro atoms. The lowest BCUT2D eigenvalue weighted by atomic mass is 9.91. The van der Waals surface area contributed by atoms with Gasteiger partial charge in [0.15, 0.2) is 0 Å². The molecular formula is C16H16ClN3O3. The Labute approximate surface area is 137 Å². The third-order valence-corrected chi connectivity index (χ3v) is 3.86. The number of aryl methyl sites for hydroxylation is 1. The largest absolute Gasteiger partial charge is 0.367 e. The van der Waals surface area contributed by atoms with Gasteiger partial charge in [-0.05, 0) is 30.7 Å². The first-order chi connectivity index (χ1) is 10.7. The van der Waals surface area contributed by atoms with Crippen molar-refractivity contribution in [3.8, 4) is 0 Å². The van der Waals surface area contributed by atoms with Gasteiger partial charge in [-0.1, -0.05) is 23.7 Å². The van der Waals surface area contributed by atoms with E-state index in [9.17, 15) is 14.4 Å². The second kappa shape index (κ2) is 6.26. The molecule has 7 heteroatoms. The van der Waals surface area contributed by atoms with Crippen molar-refractivity contribution in [3.63, 3.8) is 0 Å². The zero-order valence-electron chi connectivity index (χ0n) is 12.7. The molecule has 0 fully saturated rings. The molecule has 3 N–H and O–H groups in total. The summed E-state index contributed by atoms with van der Waals surface area (Å²) >= 11 is 5.94. The number of carbonyl (C=O) groups excluding carboxylic acids is 2. The lowest BCUT2D eigenvalue weighted by Crippen LogP contribution is -2.52. The number of nitrogens with one attached hydrogen (secondary N) is 1. The molecule has 0 radical (unpaired) electrons. The minimum absolute atomic E-state index is 0.141. The fourth-order valence-corrected chi connectivity index (χ4v) is 2.25. The maximum absolute atomic E-state index is 12.4. The number of rotatable bonds is 4. The normalized spacial score (nSPS) is 13.2. The third kappa shape index (κ3) is 3.43. The topological polar surface area (TPSA) is 94.2 Å². The molecule has 0 aliphatic heterocycles. The van der Waals surface area contributed by atoms with Crippen molar-refractivity contribution in [1.82, 2.24) is 9.88 Å². The van der Waals surface area contributed by atoms with Crippen LogP contribution >= 0.6 is 11.6 Å². The van der Waals surface area contributed by atoms with E-state index >= 15 is 0 Å². The summed E-state index contributed by atoms with van der Waals surface area (Å²) in [5.41, 5.74) is 4.28. The molecular weight excluding hydrogens is 318 g/mol. The van der Waals surface area contributed by atoms with Gasteiger partial charge in [0.05, 0.1) is 0 Å². The second-order valence-electron chi connectivity index (χ2n) is 5.32. The third-order valence-electron chi connectivity index (χ3n) is 3.62. The maximum atomic E-state index is 12.4. The van der Waals surface area contributed by atoms with Crippen molar-refractivity contribution >= 4 is 23.4 Å². The van der Waals surface area contributed by atoms with Crippen molar-refractivity contribution < 1.29 is 9.59 Å². The van der Waals surface area contributed by atoms with Gasteiger partial charge in [-0.2, -0.15) is 0 Å². The fraction of sp³-hybridized carbons (Fsp3) is 0.188. The summed E-state index contributed by atoms with van der Waals surface area (Å²) in [7, 11) is 1.57. The number of hydrogen-bond acceptors (Lipinski definition) is 3. The van der Waals surface area contributed by atoms with Gasteiger partial charge < -0.3 is 15.6 Å². The first-order valence-electron chi connectivity index (χ1n) is 6.79. The van der Waals surface area contributed by atoms with Crippen LogP contribution in [-0.2, 0) is 17.4 Å². The number of aromatic nitrogens is 1. The van der Waals surface area contributed by atoms with Gasteiger partial charge in [0.1, 0.15) is 5.54 Å². The molecule has 1 heterocycles. The van der Waals surface area contributed by atoms with Crippen LogP contribution in [0.2, 0.25) is 5.02 Å². The molecule has 0 saturated heterocycles. The van der Waals surface area contributed by atoms with Crippen molar-refractivity contribution in [2.45, 2.75) is 12.5 Å². The molecule has 1 atom stereocenters. The summed E-state index contributed by atoms with van der Waals surface area (Å²) in [5.74, 6) is -1.32. The average Bonchev–Trinajstić information content (AvgIpc) is 2.49. The van der Waals surface area contributed by atoms with Crippen LogP contribution in [0.15, 0.2) is 47.4 Å². The van der Waals surface area contributed by atoms with Gasteiger partial charge in [-0.15, -0.1) is 0 Å². The average molecular weight is 334 g/mol. The van der Waals surface area contributed by atoms with E-state index in [4.69, 9.17) is 17.3 Å². The van der Waals surface area contributed by atoms with Crippen molar-refractivity contribution in [2.75, 3.05) is 0 Å². The molecule has 0 aliphatic carbocycles. The van der Waals surface area contributed by atoms with Gasteiger partial charge in [-0.25, -0.2) is 0 Å². The second-order valence-corrected chi connectivity index (χ2v) is 5.75. The summed E-state index contributed by atoms with van der Waals surface area (Å²) in [6.45, 7) is 1.49. The van der Waals surface area contributed by atoms with Gasteiger partial charge in [-0.3, -0.25) is 14.4 Å². The molecule has 0 bridgehead atoms. The van der Waals surface area contributed by atoms with Crippen LogP contribution < -0.4 is 16.6 Å². The molecule has 120 valence electrons. The Morgan fingerprint density at radius 2 is 1.96 bits per heavy atom. The van der Waals surface area contributed by atoms with E-state index in [0.29, 0.717) is 10.6 Å². The zero-order valence-corrected chi connectivity index (χ0v) is 13.4. The highest BCUT2D eigenvalue weighted by molar-refractivity contribution is 6.30. The quantitative estimate of drug-likeness (QED) is 0.879. The Morgan fingerprint density at radius 3 is 2.52 bits per heavy atom. The number of pyridine rings is 1. The Balaban J connectivity index is 2.39. The Morgan fingerprint density at radius 1 is 1.26 bits per heavy atom. The predicted octanol–water partition coefficient (Wildman–Crippen LogP) is 1.17. The van der Waals surface area contributed by atoms with E-state index in [1.54, 1.807) is 31.3 Å². The van der Waals surface area contributed by atoms with Gasteiger partial charge in [0.25, 0.3) is 11.5 Å². The number of carbonyl (C=O) groups is 2. The lowest BCUT2D eigenvalue weighted by Gasteiger charge is -2.28. The van der Waals surface area contributed by atoms with Crippen LogP contribution in [0, 0.1) is 0 Å². The highest BCUT2D eigenvalue weighted by atomic mass is 35.5. The van der Waals surface area contributed by atoms with Gasteiger partial charge in [0.2, 0.25) is 5.91 Å². The Kier molecular flexibility index (Phi) is 4.56. The summed E-state index contributed by atoms with van der Waals surface area (Å²) in [4.78, 5) is 35.9. The van der Waals surface area contributed by atoms with Crippen LogP contribution in [0.25, 0.3) is 0 Å². The van der Waals surface area contributed by atoms with Gasteiger partial charge in [0, 0.05) is 29.9 Å². The highest BCUT2D eigenvalue weighted by Gasteiger charge is 2.35. The monoisotopic (exact) mass is 333 g/mol. The van der Waals surface area contributed by atoms with Crippen molar-refractivity contribution in [2.24, 2.45) is 12.8 Å². The minimum Gasteiger partial charge on any atom is -0.367 e. The standard InChI is InChI=1S/C16H16ClN3O3/c1-16(15(18)23,11-4-3-5-12(17)9-11)19-14(22)10-6-7-20(2)13(21)8-10/h3-9H,1-2H3,(H2,18,23)(H,19,22). The SMILES string of the molecule is Cn1ccc(C(=O)NC(C)(C(N)=O)c2cccc(Cl)c2)cc1=O. The van der Waals surface area contributed by atoms with Crippen LogP contribution in [0.4, 0.5) is 0 Å². The molecule has 0 aliphatic rings. The molecule has 2 aromatic rings. The number of primary amides is 1. The van der Waals surface area contributed by atoms with E-state index in [2.05, 4.69) is 5.32 Å². The summed E-state index contributed by atoms with van der Waals surface area (Å²) < 4.78 is 1.33. The number of halogens is 1. The van der Waals surface area contributed by atoms with E-state index in [1.165, 1.54) is 29.8 Å². The number of nitrogens with zero attached hydrogens (tertiary/aromatic N) is 1. The zero-order chi connectivity index (χ0) is 17.2. The number of nitrogens with two attached hydrogens (primary N) is 1. The predicted molar refractivity (Wildman–Crippen MR) is 87.1 cm³/mol. The van der Waals surface area contributed by atoms with Crippen molar-refractivity contribution in [3.05, 3.63) is 69.1 Å². The van der Waals surface area contributed by atoms with Crippen LogP contribution in [0.5, 0.6) is 0 Å². The highest BCUT2D eigenvalue weighted by Crippen LogP contribution is 2.24. The Hall–Kier alpha value is -2.60. The molecule has 2 rings (SSSR count). The number of hydrogen-bond donors (Lipinski definition) is 2. The molecule has 0 saturated carbocycles. The van der Waals surface area contributed by atoms with Crippen molar-refractivity contribution in [1.29, 1.82) is 0 Å². The maximum Gasteiger partial charge on any atom is 0.252 e. The van der Waals surface area contributed by atoms with Crippen LogP contribution in [-0.4, -0.2) is 16.4 Å². The van der Waals surface area contributed by atoms with Crippen LogP contribution in [0.1, 0.15) is 22.8 Å². The lowest BCUT2D eigenvalue weighted by molar-refractivity contribution is -0.123. The summed E-state index contributed by atoms with van der Waals surface area (Å²) in [6.07, 6.45) is 1.47. The molecule has 2 amide bonds.